The summed E-state index contributed by atoms with van der Waals surface area (Å²) in [5, 5.41) is 9.30. The lowest BCUT2D eigenvalue weighted by molar-refractivity contribution is 0.270. The number of aliphatic hydroxyl groups excluding tert-OH is 1. The molecule has 0 aliphatic heterocycles. The molecule has 0 saturated heterocycles. The second kappa shape index (κ2) is 4.92. The predicted molar refractivity (Wildman–Crippen MR) is 73.3 cm³/mol. The van der Waals surface area contributed by atoms with Crippen molar-refractivity contribution in [2.24, 2.45) is 5.41 Å². The van der Waals surface area contributed by atoms with Crippen LogP contribution in [0.2, 0.25) is 0 Å². The van der Waals surface area contributed by atoms with E-state index in [0.717, 1.165) is 12.8 Å². The molecule has 0 aromatic carbocycles. The standard InChI is InChI=1S/C13H22N2O3S/c1-13(2,3)9-14-19(17,18)12-6-11(8-16)15(7-12)10-4-5-10/h6-7,10,14,16H,4-5,8-9H2,1-3H3. The molecule has 0 bridgehead atoms. The summed E-state index contributed by atoms with van der Waals surface area (Å²) in [7, 11) is -3.49. The molecular weight excluding hydrogens is 264 g/mol. The van der Waals surface area contributed by atoms with Crippen LogP contribution in [0.15, 0.2) is 17.2 Å². The highest BCUT2D eigenvalue weighted by Crippen LogP contribution is 2.37. The molecule has 1 aliphatic rings. The van der Waals surface area contributed by atoms with E-state index in [1.807, 2.05) is 25.3 Å². The van der Waals surface area contributed by atoms with Gasteiger partial charge >= 0.3 is 0 Å². The zero-order valence-corrected chi connectivity index (χ0v) is 12.5. The van der Waals surface area contributed by atoms with Gasteiger partial charge in [-0.2, -0.15) is 0 Å². The molecule has 0 atom stereocenters. The van der Waals surface area contributed by atoms with Gasteiger partial charge < -0.3 is 9.67 Å². The van der Waals surface area contributed by atoms with Crippen molar-refractivity contribution in [3.8, 4) is 0 Å². The Morgan fingerprint density at radius 1 is 1.42 bits per heavy atom. The van der Waals surface area contributed by atoms with Crippen LogP contribution in [0.5, 0.6) is 0 Å². The fraction of sp³-hybridized carbons (Fsp3) is 0.692. The van der Waals surface area contributed by atoms with Crippen molar-refractivity contribution in [1.29, 1.82) is 0 Å². The maximum absolute atomic E-state index is 12.2. The Morgan fingerprint density at radius 2 is 2.05 bits per heavy atom. The zero-order chi connectivity index (χ0) is 14.3. The van der Waals surface area contributed by atoms with Crippen molar-refractivity contribution in [1.82, 2.24) is 9.29 Å². The number of hydrogen-bond acceptors (Lipinski definition) is 3. The summed E-state index contributed by atoms with van der Waals surface area (Å²) in [6, 6.07) is 1.91. The lowest BCUT2D eigenvalue weighted by Crippen LogP contribution is -2.32. The number of rotatable bonds is 5. The fourth-order valence-corrected chi connectivity index (χ4v) is 3.19. The fourth-order valence-electron chi connectivity index (χ4n) is 1.86. The number of nitrogens with zero attached hydrogens (tertiary/aromatic N) is 1. The van der Waals surface area contributed by atoms with E-state index >= 15 is 0 Å². The van der Waals surface area contributed by atoms with E-state index in [9.17, 15) is 13.5 Å². The van der Waals surface area contributed by atoms with Crippen LogP contribution in [-0.4, -0.2) is 24.6 Å². The van der Waals surface area contributed by atoms with Crippen molar-refractivity contribution < 1.29 is 13.5 Å². The first-order valence-electron chi connectivity index (χ1n) is 6.54. The first kappa shape index (κ1) is 14.6. The molecule has 2 rings (SSSR count). The van der Waals surface area contributed by atoms with Crippen LogP contribution in [0.3, 0.4) is 0 Å². The second-order valence-electron chi connectivity index (χ2n) is 6.35. The van der Waals surface area contributed by atoms with Gasteiger partial charge in [-0.15, -0.1) is 0 Å². The van der Waals surface area contributed by atoms with Crippen LogP contribution >= 0.6 is 0 Å². The molecule has 0 radical (unpaired) electrons. The van der Waals surface area contributed by atoms with E-state index in [1.54, 1.807) is 12.3 Å². The van der Waals surface area contributed by atoms with E-state index in [2.05, 4.69) is 4.72 Å². The van der Waals surface area contributed by atoms with Gasteiger partial charge in [0.2, 0.25) is 10.0 Å². The summed E-state index contributed by atoms with van der Waals surface area (Å²) < 4.78 is 28.9. The van der Waals surface area contributed by atoms with Crippen LogP contribution < -0.4 is 4.72 Å². The molecule has 0 spiro atoms. The molecule has 0 unspecified atom stereocenters. The summed E-state index contributed by atoms with van der Waals surface area (Å²) in [5.41, 5.74) is 0.560. The molecule has 1 saturated carbocycles. The molecule has 19 heavy (non-hydrogen) atoms. The van der Waals surface area contributed by atoms with Gasteiger partial charge in [-0.25, -0.2) is 13.1 Å². The number of sulfonamides is 1. The molecule has 108 valence electrons. The Labute approximate surface area is 114 Å². The summed E-state index contributed by atoms with van der Waals surface area (Å²) in [6.07, 6.45) is 3.74. The van der Waals surface area contributed by atoms with E-state index in [4.69, 9.17) is 0 Å². The molecule has 1 aromatic heterocycles. The third-order valence-corrected chi connectivity index (χ3v) is 4.48. The van der Waals surface area contributed by atoms with Crippen LogP contribution in [0, 0.1) is 5.41 Å². The zero-order valence-electron chi connectivity index (χ0n) is 11.7. The largest absolute Gasteiger partial charge is 0.390 e. The topological polar surface area (TPSA) is 71.3 Å². The van der Waals surface area contributed by atoms with Crippen LogP contribution in [0.4, 0.5) is 0 Å². The Bertz CT molecular complexity index is 551. The van der Waals surface area contributed by atoms with Crippen LogP contribution in [0.25, 0.3) is 0 Å². The number of aromatic nitrogens is 1. The molecule has 1 aliphatic carbocycles. The summed E-state index contributed by atoms with van der Waals surface area (Å²) in [5.74, 6) is 0. The minimum absolute atomic E-state index is 0.105. The first-order valence-corrected chi connectivity index (χ1v) is 8.02. The van der Waals surface area contributed by atoms with Gasteiger partial charge in [0.1, 0.15) is 0 Å². The highest BCUT2D eigenvalue weighted by Gasteiger charge is 2.28. The van der Waals surface area contributed by atoms with E-state index in [0.29, 0.717) is 18.3 Å². The molecule has 1 fully saturated rings. The molecule has 6 heteroatoms. The number of aliphatic hydroxyl groups is 1. The average molecular weight is 286 g/mol. The number of nitrogens with one attached hydrogen (secondary N) is 1. The van der Waals surface area contributed by atoms with Gasteiger partial charge in [-0.1, -0.05) is 20.8 Å². The maximum Gasteiger partial charge on any atom is 0.242 e. The second-order valence-corrected chi connectivity index (χ2v) is 8.12. The molecular formula is C13H22N2O3S. The lowest BCUT2D eigenvalue weighted by Gasteiger charge is -2.18. The normalized spacial score (nSPS) is 16.8. The Kier molecular flexibility index (Phi) is 3.77. The molecule has 0 amide bonds. The molecule has 1 heterocycles. The van der Waals surface area contributed by atoms with Gasteiger partial charge in [0.05, 0.1) is 11.5 Å². The molecule has 2 N–H and O–H groups in total. The van der Waals surface area contributed by atoms with Crippen molar-refractivity contribution in [3.05, 3.63) is 18.0 Å². The van der Waals surface area contributed by atoms with Crippen LogP contribution in [-0.2, 0) is 16.6 Å². The smallest absolute Gasteiger partial charge is 0.242 e. The Balaban J connectivity index is 2.20. The van der Waals surface area contributed by atoms with E-state index in [-0.39, 0.29) is 16.9 Å². The quantitative estimate of drug-likeness (QED) is 0.864. The van der Waals surface area contributed by atoms with Gasteiger partial charge in [0.25, 0.3) is 0 Å². The Hall–Kier alpha value is -0.850. The highest BCUT2D eigenvalue weighted by molar-refractivity contribution is 7.89. The van der Waals surface area contributed by atoms with Gasteiger partial charge in [-0.3, -0.25) is 0 Å². The summed E-state index contributed by atoms with van der Waals surface area (Å²) in [6.45, 7) is 6.18. The van der Waals surface area contributed by atoms with Crippen LogP contribution in [0.1, 0.15) is 45.3 Å². The van der Waals surface area contributed by atoms with Crippen molar-refractivity contribution >= 4 is 10.0 Å². The third-order valence-electron chi connectivity index (χ3n) is 3.11. The van der Waals surface area contributed by atoms with Crippen molar-refractivity contribution in [2.45, 2.75) is 51.2 Å². The minimum atomic E-state index is -3.49. The van der Waals surface area contributed by atoms with Gasteiger partial charge in [0.15, 0.2) is 0 Å². The minimum Gasteiger partial charge on any atom is -0.390 e. The van der Waals surface area contributed by atoms with E-state index in [1.165, 1.54) is 0 Å². The van der Waals surface area contributed by atoms with Gasteiger partial charge in [-0.05, 0) is 24.3 Å². The summed E-state index contributed by atoms with van der Waals surface area (Å²) in [4.78, 5) is 0.243. The summed E-state index contributed by atoms with van der Waals surface area (Å²) >= 11 is 0. The highest BCUT2D eigenvalue weighted by atomic mass is 32.2. The molecule has 5 nitrogen and oxygen atoms in total. The monoisotopic (exact) mass is 286 g/mol. The van der Waals surface area contributed by atoms with Gasteiger partial charge in [0, 0.05) is 24.5 Å². The average Bonchev–Trinajstić information content (AvgIpc) is 3.05. The number of hydrogen-bond donors (Lipinski definition) is 2. The van der Waals surface area contributed by atoms with Crippen molar-refractivity contribution in [2.75, 3.05) is 6.54 Å². The third kappa shape index (κ3) is 3.58. The maximum atomic E-state index is 12.2. The SMILES string of the molecule is CC(C)(C)CNS(=O)(=O)c1cc(CO)n(C2CC2)c1. The first-order chi connectivity index (χ1) is 8.73. The predicted octanol–water partition coefficient (Wildman–Crippen LogP) is 1.64. The lowest BCUT2D eigenvalue weighted by atomic mass is 9.98. The molecule has 1 aromatic rings. The Morgan fingerprint density at radius 3 is 2.53 bits per heavy atom. The van der Waals surface area contributed by atoms with Crippen molar-refractivity contribution in [3.63, 3.8) is 0 Å². The van der Waals surface area contributed by atoms with E-state index < -0.39 is 10.0 Å².